The van der Waals surface area contributed by atoms with Gasteiger partial charge in [0, 0.05) is 29.1 Å². The van der Waals surface area contributed by atoms with Gasteiger partial charge in [0.25, 0.3) is 0 Å². The molecule has 0 bridgehead atoms. The third-order valence-corrected chi connectivity index (χ3v) is 4.79. The fourth-order valence-electron chi connectivity index (χ4n) is 3.27. The zero-order valence-electron chi connectivity index (χ0n) is 13.7. The maximum atomic E-state index is 9.82. The normalized spacial score (nSPS) is 15.1. The zero-order chi connectivity index (χ0) is 18.3. The van der Waals surface area contributed by atoms with Crippen LogP contribution >= 0.6 is 11.6 Å². The van der Waals surface area contributed by atoms with Gasteiger partial charge in [0.1, 0.15) is 23.3 Å². The van der Waals surface area contributed by atoms with Gasteiger partial charge in [0.15, 0.2) is 0 Å². The maximum absolute atomic E-state index is 9.82. The molecular weight excluding hydrogens is 354 g/mol. The number of ether oxygens (including phenoxy) is 1. The van der Waals surface area contributed by atoms with Gasteiger partial charge >= 0.3 is 0 Å². The van der Waals surface area contributed by atoms with E-state index in [1.54, 1.807) is 22.8 Å². The van der Waals surface area contributed by atoms with Crippen LogP contribution in [0.5, 0.6) is 17.4 Å². The largest absolute Gasteiger partial charge is 0.508 e. The number of nitrogens with zero attached hydrogens (tertiary/aromatic N) is 2. The van der Waals surface area contributed by atoms with Crippen LogP contribution in [-0.4, -0.2) is 26.4 Å². The Morgan fingerprint density at radius 3 is 2.77 bits per heavy atom. The van der Waals surface area contributed by atoms with Crippen molar-refractivity contribution in [2.45, 2.75) is 12.5 Å². The number of fused-ring (bicyclic) bond motifs is 2. The summed E-state index contributed by atoms with van der Waals surface area (Å²) in [6.45, 7) is 0.163. The molecule has 1 atom stereocenters. The van der Waals surface area contributed by atoms with E-state index in [4.69, 9.17) is 21.7 Å². The van der Waals surface area contributed by atoms with Crippen LogP contribution in [0, 0.1) is 5.41 Å². The Morgan fingerprint density at radius 2 is 2.00 bits per heavy atom. The lowest BCUT2D eigenvalue weighted by molar-refractivity contribution is 0.271. The standard InChI is InChI=1S/C19H16ClN3O3/c20-14-4-2-1-3-12(14)16-13-6-5-11(25)9-15(13)26-19-17(16)18(21)23(7-8-24)10-22-19/h1-6,9-10,16,21,24-25H,7-8H2. The van der Waals surface area contributed by atoms with Crippen molar-refractivity contribution in [1.82, 2.24) is 9.55 Å². The molecule has 2 heterocycles. The molecule has 1 unspecified atom stereocenters. The van der Waals surface area contributed by atoms with E-state index in [1.807, 2.05) is 18.2 Å². The summed E-state index contributed by atoms with van der Waals surface area (Å²) in [5.41, 5.74) is 2.39. The molecular formula is C19H16ClN3O3. The number of aliphatic hydroxyl groups excluding tert-OH is 1. The van der Waals surface area contributed by atoms with Crippen LogP contribution in [-0.2, 0) is 6.54 Å². The molecule has 0 amide bonds. The Kier molecular flexibility index (Phi) is 4.14. The van der Waals surface area contributed by atoms with Crippen molar-refractivity contribution in [3.8, 4) is 17.4 Å². The molecule has 26 heavy (non-hydrogen) atoms. The molecule has 1 aliphatic rings. The fraction of sp³-hybridized carbons (Fsp3) is 0.158. The van der Waals surface area contributed by atoms with Crippen LogP contribution in [0.1, 0.15) is 22.6 Å². The SMILES string of the molecule is N=c1c2c(ncn1CCO)Oc1cc(O)ccc1C2c1ccccc1Cl. The van der Waals surface area contributed by atoms with Crippen LogP contribution < -0.4 is 10.2 Å². The lowest BCUT2D eigenvalue weighted by Crippen LogP contribution is -2.30. The van der Waals surface area contributed by atoms with Crippen LogP contribution in [0.4, 0.5) is 0 Å². The first-order valence-electron chi connectivity index (χ1n) is 8.10. The van der Waals surface area contributed by atoms with E-state index in [2.05, 4.69) is 4.98 Å². The molecule has 6 nitrogen and oxygen atoms in total. The molecule has 7 heteroatoms. The van der Waals surface area contributed by atoms with Gasteiger partial charge in [0.2, 0.25) is 5.88 Å². The van der Waals surface area contributed by atoms with Crippen molar-refractivity contribution in [3.63, 3.8) is 0 Å². The van der Waals surface area contributed by atoms with Gasteiger partial charge in [-0.1, -0.05) is 35.9 Å². The van der Waals surface area contributed by atoms with E-state index in [-0.39, 0.29) is 30.3 Å². The van der Waals surface area contributed by atoms with Crippen LogP contribution in [0.3, 0.4) is 0 Å². The molecule has 0 saturated carbocycles. The monoisotopic (exact) mass is 369 g/mol. The topological polar surface area (TPSA) is 91.4 Å². The summed E-state index contributed by atoms with van der Waals surface area (Å²) in [4.78, 5) is 4.32. The first-order chi connectivity index (χ1) is 12.6. The number of hydrogen-bond acceptors (Lipinski definition) is 5. The summed E-state index contributed by atoms with van der Waals surface area (Å²) < 4.78 is 7.42. The minimum absolute atomic E-state index is 0.0856. The van der Waals surface area contributed by atoms with E-state index < -0.39 is 0 Å². The van der Waals surface area contributed by atoms with Crippen molar-refractivity contribution in [3.05, 3.63) is 76.0 Å². The summed E-state index contributed by atoms with van der Waals surface area (Å²) in [5, 5.41) is 28.2. The van der Waals surface area contributed by atoms with E-state index in [0.29, 0.717) is 22.2 Å². The quantitative estimate of drug-likeness (QED) is 0.517. The van der Waals surface area contributed by atoms with Crippen LogP contribution in [0.2, 0.25) is 5.02 Å². The van der Waals surface area contributed by atoms with Gasteiger partial charge in [-0.05, 0) is 17.7 Å². The molecule has 0 spiro atoms. The molecule has 132 valence electrons. The molecule has 4 rings (SSSR count). The first kappa shape index (κ1) is 16.6. The Morgan fingerprint density at radius 1 is 1.19 bits per heavy atom. The number of benzene rings is 2. The number of phenols is 1. The van der Waals surface area contributed by atoms with Crippen molar-refractivity contribution < 1.29 is 14.9 Å². The minimum Gasteiger partial charge on any atom is -0.508 e. The Hall–Kier alpha value is -2.83. The van der Waals surface area contributed by atoms with Gasteiger partial charge in [0.05, 0.1) is 12.2 Å². The third-order valence-electron chi connectivity index (χ3n) is 4.45. The van der Waals surface area contributed by atoms with Gasteiger partial charge in [-0.25, -0.2) is 4.98 Å². The number of nitrogens with one attached hydrogen (secondary N) is 1. The van der Waals surface area contributed by atoms with Gasteiger partial charge in [-0.15, -0.1) is 0 Å². The van der Waals surface area contributed by atoms with Crippen molar-refractivity contribution in [2.75, 3.05) is 6.61 Å². The summed E-state index contributed by atoms with van der Waals surface area (Å²) in [6, 6.07) is 12.3. The van der Waals surface area contributed by atoms with Gasteiger partial charge in [-0.2, -0.15) is 0 Å². The van der Waals surface area contributed by atoms with Crippen molar-refractivity contribution in [1.29, 1.82) is 5.41 Å². The highest BCUT2D eigenvalue weighted by Crippen LogP contribution is 2.47. The second kappa shape index (κ2) is 6.48. The summed E-state index contributed by atoms with van der Waals surface area (Å²) in [6.07, 6.45) is 1.47. The molecule has 1 aromatic heterocycles. The molecule has 0 radical (unpaired) electrons. The van der Waals surface area contributed by atoms with Crippen LogP contribution in [0.15, 0.2) is 48.8 Å². The molecule has 0 aliphatic carbocycles. The van der Waals surface area contributed by atoms with E-state index >= 15 is 0 Å². The first-order valence-corrected chi connectivity index (χ1v) is 8.48. The molecule has 3 aromatic rings. The van der Waals surface area contributed by atoms with Crippen molar-refractivity contribution >= 4 is 11.6 Å². The van der Waals surface area contributed by atoms with Gasteiger partial charge < -0.3 is 19.5 Å². The minimum atomic E-state index is -0.366. The summed E-state index contributed by atoms with van der Waals surface area (Å²) in [7, 11) is 0. The number of aromatic hydroxyl groups is 1. The molecule has 0 saturated heterocycles. The Balaban J connectivity index is 2.02. The predicted molar refractivity (Wildman–Crippen MR) is 95.7 cm³/mol. The second-order valence-corrected chi connectivity index (χ2v) is 6.41. The number of aliphatic hydroxyl groups is 1. The Labute approximate surface area is 154 Å². The third kappa shape index (κ3) is 2.64. The highest BCUT2D eigenvalue weighted by atomic mass is 35.5. The lowest BCUT2D eigenvalue weighted by Gasteiger charge is -2.29. The van der Waals surface area contributed by atoms with Gasteiger partial charge in [-0.3, -0.25) is 5.41 Å². The fourth-order valence-corrected chi connectivity index (χ4v) is 3.51. The lowest BCUT2D eigenvalue weighted by atomic mass is 9.84. The molecule has 2 aromatic carbocycles. The smallest absolute Gasteiger partial charge is 0.228 e. The summed E-state index contributed by atoms with van der Waals surface area (Å²) in [5.74, 6) is 0.498. The van der Waals surface area contributed by atoms with Crippen LogP contribution in [0.25, 0.3) is 0 Å². The number of aromatic nitrogens is 2. The predicted octanol–water partition coefficient (Wildman–Crippen LogP) is 3.00. The average Bonchev–Trinajstić information content (AvgIpc) is 2.63. The van der Waals surface area contributed by atoms with Crippen molar-refractivity contribution in [2.24, 2.45) is 0 Å². The highest BCUT2D eigenvalue weighted by molar-refractivity contribution is 6.31. The number of phenolic OH excluding ortho intramolecular Hbond substituents is 1. The van der Waals surface area contributed by atoms with E-state index in [1.165, 1.54) is 12.4 Å². The Bertz CT molecular complexity index is 1050. The molecule has 0 fully saturated rings. The van der Waals surface area contributed by atoms with E-state index in [9.17, 15) is 10.2 Å². The number of hydrogen-bond donors (Lipinski definition) is 3. The summed E-state index contributed by atoms with van der Waals surface area (Å²) >= 11 is 6.46. The second-order valence-electron chi connectivity index (χ2n) is 6.01. The average molecular weight is 370 g/mol. The number of rotatable bonds is 3. The highest BCUT2D eigenvalue weighted by Gasteiger charge is 2.33. The molecule has 3 N–H and O–H groups in total. The molecule has 1 aliphatic heterocycles. The maximum Gasteiger partial charge on any atom is 0.228 e. The number of halogens is 1. The van der Waals surface area contributed by atoms with E-state index in [0.717, 1.165) is 11.1 Å². The zero-order valence-corrected chi connectivity index (χ0v) is 14.4.